The van der Waals surface area contributed by atoms with Crippen LogP contribution < -0.4 is 15.8 Å². The fourth-order valence-electron chi connectivity index (χ4n) is 6.06. The van der Waals surface area contributed by atoms with E-state index in [1.54, 1.807) is 4.90 Å². The summed E-state index contributed by atoms with van der Waals surface area (Å²) >= 11 is 0. The first-order valence-corrected chi connectivity index (χ1v) is 14.9. The van der Waals surface area contributed by atoms with Gasteiger partial charge in [0.1, 0.15) is 17.1 Å². The van der Waals surface area contributed by atoms with Gasteiger partial charge < -0.3 is 24.8 Å². The van der Waals surface area contributed by atoms with Gasteiger partial charge in [-0.05, 0) is 59.1 Å². The molecule has 2 aromatic rings. The molecule has 45 heavy (non-hydrogen) atoms. The van der Waals surface area contributed by atoms with Crippen molar-refractivity contribution in [2.75, 3.05) is 43.4 Å². The SMILES string of the molecule is C[C@@H]1CN(c2cc(F)c(C3=CCN(C(=O)OC4(C)CCC4)CC3)c(F)c2NC(=O)c2c[nH]c(=O)cc2C(F)(F)F)C[C@H](C)N1C. The number of pyridine rings is 1. The van der Waals surface area contributed by atoms with E-state index >= 15 is 8.78 Å². The van der Waals surface area contributed by atoms with Crippen molar-refractivity contribution in [3.05, 3.63) is 63.1 Å². The number of benzene rings is 1. The molecule has 2 N–H and O–H groups in total. The number of anilines is 2. The van der Waals surface area contributed by atoms with Gasteiger partial charge in [0.15, 0.2) is 5.82 Å². The van der Waals surface area contributed by atoms with E-state index in [1.807, 2.05) is 27.8 Å². The quantitative estimate of drug-likeness (QED) is 0.413. The van der Waals surface area contributed by atoms with Crippen molar-refractivity contribution in [2.24, 2.45) is 0 Å². The predicted molar refractivity (Wildman–Crippen MR) is 158 cm³/mol. The molecule has 5 rings (SSSR count). The van der Waals surface area contributed by atoms with Gasteiger partial charge in [0, 0.05) is 56.6 Å². The van der Waals surface area contributed by atoms with Crippen LogP contribution in [0, 0.1) is 11.6 Å². The number of carbonyl (C=O) groups excluding carboxylic acids is 2. The second-order valence-electron chi connectivity index (χ2n) is 12.4. The van der Waals surface area contributed by atoms with Gasteiger partial charge in [0.05, 0.1) is 22.4 Å². The molecule has 1 saturated carbocycles. The highest BCUT2D eigenvalue weighted by molar-refractivity contribution is 6.07. The van der Waals surface area contributed by atoms with Crippen molar-refractivity contribution in [1.29, 1.82) is 0 Å². The third-order valence-corrected chi connectivity index (χ3v) is 9.14. The van der Waals surface area contributed by atoms with Crippen LogP contribution in [-0.2, 0) is 10.9 Å². The molecule has 3 aliphatic rings. The monoisotopic (exact) mass is 637 g/mol. The molecule has 2 fully saturated rings. The van der Waals surface area contributed by atoms with Crippen molar-refractivity contribution in [3.8, 4) is 0 Å². The first-order chi connectivity index (χ1) is 21.1. The number of hydrogen-bond acceptors (Lipinski definition) is 6. The van der Waals surface area contributed by atoms with Gasteiger partial charge in [0.25, 0.3) is 5.91 Å². The Morgan fingerprint density at radius 2 is 1.78 bits per heavy atom. The molecule has 1 saturated heterocycles. The Morgan fingerprint density at radius 1 is 1.11 bits per heavy atom. The number of alkyl halides is 3. The van der Waals surface area contributed by atoms with E-state index in [1.165, 1.54) is 11.0 Å². The van der Waals surface area contributed by atoms with E-state index < -0.39 is 63.3 Å². The number of nitrogens with one attached hydrogen (secondary N) is 2. The van der Waals surface area contributed by atoms with Crippen LogP contribution in [0.25, 0.3) is 5.57 Å². The summed E-state index contributed by atoms with van der Waals surface area (Å²) < 4.78 is 79.2. The molecule has 1 aromatic carbocycles. The number of halogens is 5. The zero-order valence-corrected chi connectivity index (χ0v) is 25.5. The smallest absolute Gasteiger partial charge is 0.417 e. The van der Waals surface area contributed by atoms with Gasteiger partial charge in [-0.2, -0.15) is 13.2 Å². The van der Waals surface area contributed by atoms with Crippen LogP contribution in [-0.4, -0.2) is 77.7 Å². The Balaban J connectivity index is 1.52. The lowest BCUT2D eigenvalue weighted by Gasteiger charge is -2.44. The van der Waals surface area contributed by atoms with E-state index in [9.17, 15) is 27.6 Å². The number of aromatic amines is 1. The van der Waals surface area contributed by atoms with Gasteiger partial charge in [0.2, 0.25) is 5.56 Å². The number of nitrogens with zero attached hydrogens (tertiary/aromatic N) is 3. The minimum Gasteiger partial charge on any atom is -0.443 e. The van der Waals surface area contributed by atoms with Gasteiger partial charge in [-0.25, -0.2) is 13.6 Å². The van der Waals surface area contributed by atoms with Crippen molar-refractivity contribution in [1.82, 2.24) is 14.8 Å². The van der Waals surface area contributed by atoms with E-state index in [4.69, 9.17) is 4.74 Å². The van der Waals surface area contributed by atoms with E-state index in [0.717, 1.165) is 25.3 Å². The van der Waals surface area contributed by atoms with Crippen LogP contribution in [0.15, 0.2) is 29.2 Å². The Bertz CT molecular complexity index is 1570. The Morgan fingerprint density at radius 3 is 2.33 bits per heavy atom. The fourth-order valence-corrected chi connectivity index (χ4v) is 6.06. The maximum absolute atomic E-state index is 16.5. The van der Waals surface area contributed by atoms with E-state index in [0.29, 0.717) is 19.3 Å². The highest BCUT2D eigenvalue weighted by Gasteiger charge is 2.39. The standard InChI is InChI=1S/C31H36F5N5O4/c1-17-15-41(16-18(2)39(17)4)23-13-22(32)25(19-6-10-40(11-7-19)29(44)45-30(3)8-5-9-30)26(33)27(23)38-28(43)20-14-37-24(42)12-21(20)31(34,35)36/h6,12-14,17-18H,5,7-11,15-16H2,1-4H3,(H,37,42)(H,38,43)/t17-,18+. The van der Waals surface area contributed by atoms with Crippen LogP contribution in [0.5, 0.6) is 0 Å². The molecule has 2 atom stereocenters. The molecule has 0 spiro atoms. The molecule has 2 amide bonds. The van der Waals surface area contributed by atoms with Crippen molar-refractivity contribution >= 4 is 28.9 Å². The number of piperazine rings is 1. The number of hydrogen-bond donors (Lipinski definition) is 2. The average molecular weight is 638 g/mol. The molecule has 9 nitrogen and oxygen atoms in total. The number of rotatable bonds is 5. The first-order valence-electron chi connectivity index (χ1n) is 14.9. The Hall–Kier alpha value is -3.94. The van der Waals surface area contributed by atoms with Gasteiger partial charge in [-0.3, -0.25) is 14.5 Å². The average Bonchev–Trinajstić information content (AvgIpc) is 2.95. The third-order valence-electron chi connectivity index (χ3n) is 9.14. The number of amides is 2. The molecular weight excluding hydrogens is 601 g/mol. The molecule has 3 heterocycles. The van der Waals surface area contributed by atoms with Crippen LogP contribution in [0.3, 0.4) is 0 Å². The summed E-state index contributed by atoms with van der Waals surface area (Å²) in [6.45, 7) is 6.52. The Labute approximate surface area is 257 Å². The number of ether oxygens (including phenoxy) is 1. The summed E-state index contributed by atoms with van der Waals surface area (Å²) in [5.74, 6) is -3.40. The molecular formula is C31H36F5N5O4. The van der Waals surface area contributed by atoms with Gasteiger partial charge >= 0.3 is 12.3 Å². The first kappa shape index (κ1) is 32.5. The zero-order valence-electron chi connectivity index (χ0n) is 25.5. The second-order valence-corrected chi connectivity index (χ2v) is 12.4. The summed E-state index contributed by atoms with van der Waals surface area (Å²) in [4.78, 5) is 44.9. The summed E-state index contributed by atoms with van der Waals surface area (Å²) in [7, 11) is 1.91. The minimum absolute atomic E-state index is 0.0257. The van der Waals surface area contributed by atoms with E-state index in [-0.39, 0.29) is 48.9 Å². The van der Waals surface area contributed by atoms with Crippen LogP contribution in [0.4, 0.5) is 38.1 Å². The molecule has 1 aromatic heterocycles. The van der Waals surface area contributed by atoms with Crippen LogP contribution in [0.1, 0.15) is 67.9 Å². The molecule has 14 heteroatoms. The van der Waals surface area contributed by atoms with Crippen LogP contribution in [0.2, 0.25) is 0 Å². The van der Waals surface area contributed by atoms with E-state index in [2.05, 4.69) is 15.2 Å². The maximum Gasteiger partial charge on any atom is 0.417 e. The van der Waals surface area contributed by atoms with Crippen molar-refractivity contribution < 1.29 is 36.3 Å². The molecule has 0 radical (unpaired) electrons. The number of likely N-dealkylation sites (N-methyl/N-ethyl adjacent to an activating group) is 1. The number of carbonyl (C=O) groups is 2. The summed E-state index contributed by atoms with van der Waals surface area (Å²) in [6.07, 6.45) is -0.877. The molecule has 2 aliphatic heterocycles. The molecule has 0 bridgehead atoms. The highest BCUT2D eigenvalue weighted by Crippen LogP contribution is 2.40. The maximum atomic E-state index is 16.5. The predicted octanol–water partition coefficient (Wildman–Crippen LogP) is 5.62. The normalized spacial score (nSPS) is 22.0. The summed E-state index contributed by atoms with van der Waals surface area (Å²) in [5.41, 5.74) is -4.72. The molecule has 244 valence electrons. The number of H-pyrrole nitrogens is 1. The lowest BCUT2D eigenvalue weighted by molar-refractivity contribution is -0.138. The highest BCUT2D eigenvalue weighted by atomic mass is 19.4. The lowest BCUT2D eigenvalue weighted by Crippen LogP contribution is -2.55. The third kappa shape index (κ3) is 6.56. The molecule has 0 unspecified atom stereocenters. The van der Waals surface area contributed by atoms with Gasteiger partial charge in [-0.1, -0.05) is 6.08 Å². The lowest BCUT2D eigenvalue weighted by atomic mass is 9.82. The zero-order chi connectivity index (χ0) is 32.8. The molecule has 1 aliphatic carbocycles. The van der Waals surface area contributed by atoms with Crippen molar-refractivity contribution in [3.63, 3.8) is 0 Å². The summed E-state index contributed by atoms with van der Waals surface area (Å²) in [5, 5.41) is 2.27. The fraction of sp³-hybridized carbons (Fsp3) is 0.516. The van der Waals surface area contributed by atoms with Crippen molar-refractivity contribution in [2.45, 2.75) is 70.3 Å². The Kier molecular flexibility index (Phi) is 8.73. The number of aromatic nitrogens is 1. The van der Waals surface area contributed by atoms with Crippen LogP contribution >= 0.6 is 0 Å². The van der Waals surface area contributed by atoms with Gasteiger partial charge in [-0.15, -0.1) is 0 Å². The largest absolute Gasteiger partial charge is 0.443 e. The second kappa shape index (κ2) is 12.1. The minimum atomic E-state index is -5.05. The topological polar surface area (TPSA) is 98.0 Å². The summed E-state index contributed by atoms with van der Waals surface area (Å²) in [6, 6.07) is 1.23.